The van der Waals surface area contributed by atoms with Crippen LogP contribution in [0.5, 0.6) is 5.75 Å². The SMILES string of the molecule is O=C(O)c1cccnc1-c1nnc(N2CCC(Oc3cc(F)ccc3Br)CC2)s1. The Morgan fingerprint density at radius 2 is 2.07 bits per heavy atom. The number of aromatic carboxylic acids is 1. The van der Waals surface area contributed by atoms with Crippen LogP contribution >= 0.6 is 27.3 Å². The van der Waals surface area contributed by atoms with Crippen LogP contribution in [0.3, 0.4) is 0 Å². The van der Waals surface area contributed by atoms with Crippen molar-refractivity contribution < 1.29 is 19.0 Å². The second kappa shape index (κ2) is 8.42. The quantitative estimate of drug-likeness (QED) is 0.586. The first-order chi connectivity index (χ1) is 14.0. The molecular weight excluding hydrogens is 463 g/mol. The van der Waals surface area contributed by atoms with Gasteiger partial charge in [0.05, 0.1) is 10.0 Å². The molecule has 1 saturated heterocycles. The maximum Gasteiger partial charge on any atom is 0.338 e. The number of rotatable bonds is 5. The number of anilines is 1. The van der Waals surface area contributed by atoms with E-state index in [2.05, 4.69) is 36.0 Å². The highest BCUT2D eigenvalue weighted by molar-refractivity contribution is 9.10. The summed E-state index contributed by atoms with van der Waals surface area (Å²) in [7, 11) is 0. The molecule has 0 radical (unpaired) electrons. The van der Waals surface area contributed by atoms with Crippen LogP contribution in [0.4, 0.5) is 9.52 Å². The van der Waals surface area contributed by atoms with Crippen molar-refractivity contribution in [1.82, 2.24) is 15.2 Å². The maximum atomic E-state index is 13.4. The van der Waals surface area contributed by atoms with E-state index in [4.69, 9.17) is 4.74 Å². The normalized spacial score (nSPS) is 14.8. The van der Waals surface area contributed by atoms with Gasteiger partial charge < -0.3 is 14.7 Å². The smallest absolute Gasteiger partial charge is 0.338 e. The van der Waals surface area contributed by atoms with E-state index in [1.807, 2.05) is 0 Å². The van der Waals surface area contributed by atoms with Gasteiger partial charge in [0.2, 0.25) is 5.13 Å². The number of nitrogens with zero attached hydrogens (tertiary/aromatic N) is 4. The van der Waals surface area contributed by atoms with Crippen LogP contribution in [0.25, 0.3) is 10.7 Å². The summed E-state index contributed by atoms with van der Waals surface area (Å²) >= 11 is 4.69. The van der Waals surface area contributed by atoms with Gasteiger partial charge in [0.1, 0.15) is 23.4 Å². The summed E-state index contributed by atoms with van der Waals surface area (Å²) in [4.78, 5) is 17.6. The van der Waals surface area contributed by atoms with Gasteiger partial charge in [-0.05, 0) is 40.2 Å². The van der Waals surface area contributed by atoms with Crippen molar-refractivity contribution in [2.45, 2.75) is 18.9 Å². The van der Waals surface area contributed by atoms with E-state index in [1.165, 1.54) is 35.7 Å². The predicted octanol–water partition coefficient (Wildman–Crippen LogP) is 4.25. The molecule has 1 aliphatic heterocycles. The molecule has 1 aromatic carbocycles. The molecular formula is C19H16BrFN4O3S. The lowest BCUT2D eigenvalue weighted by molar-refractivity contribution is 0.0697. The summed E-state index contributed by atoms with van der Waals surface area (Å²) in [5, 5.41) is 18.9. The molecule has 0 bridgehead atoms. The number of hydrogen-bond donors (Lipinski definition) is 1. The lowest BCUT2D eigenvalue weighted by Crippen LogP contribution is -2.38. The van der Waals surface area contributed by atoms with Crippen LogP contribution in [0.1, 0.15) is 23.2 Å². The number of carbonyl (C=O) groups is 1. The highest BCUT2D eigenvalue weighted by Crippen LogP contribution is 2.32. The fraction of sp³-hybridized carbons (Fsp3) is 0.263. The molecule has 1 aliphatic rings. The first-order valence-electron chi connectivity index (χ1n) is 8.90. The van der Waals surface area contributed by atoms with Gasteiger partial charge in [-0.2, -0.15) is 0 Å². The number of carboxylic acids is 1. The van der Waals surface area contributed by atoms with E-state index in [0.29, 0.717) is 34.7 Å². The summed E-state index contributed by atoms with van der Waals surface area (Å²) in [6.45, 7) is 1.42. The third-order valence-corrected chi connectivity index (χ3v) is 6.20. The van der Waals surface area contributed by atoms with Crippen molar-refractivity contribution in [3.8, 4) is 16.5 Å². The van der Waals surface area contributed by atoms with Crippen LogP contribution in [-0.4, -0.2) is 45.5 Å². The molecule has 2 aromatic heterocycles. The predicted molar refractivity (Wildman–Crippen MR) is 110 cm³/mol. The molecule has 4 rings (SSSR count). The Morgan fingerprint density at radius 1 is 1.28 bits per heavy atom. The monoisotopic (exact) mass is 478 g/mol. The molecule has 1 fully saturated rings. The van der Waals surface area contributed by atoms with E-state index < -0.39 is 5.97 Å². The van der Waals surface area contributed by atoms with E-state index in [9.17, 15) is 14.3 Å². The molecule has 0 atom stereocenters. The number of pyridine rings is 1. The fourth-order valence-corrected chi connectivity index (χ4v) is 4.35. The van der Waals surface area contributed by atoms with Gasteiger partial charge in [0.15, 0.2) is 5.01 Å². The molecule has 29 heavy (non-hydrogen) atoms. The average Bonchev–Trinajstić information content (AvgIpc) is 3.21. The van der Waals surface area contributed by atoms with Crippen LogP contribution in [0, 0.1) is 5.82 Å². The van der Waals surface area contributed by atoms with Crippen molar-refractivity contribution in [3.63, 3.8) is 0 Å². The fourth-order valence-electron chi connectivity index (χ4n) is 3.10. The molecule has 7 nitrogen and oxygen atoms in total. The van der Waals surface area contributed by atoms with Crippen LogP contribution in [-0.2, 0) is 0 Å². The standard InChI is InChI=1S/C19H16BrFN4O3S/c20-14-4-3-11(21)10-15(14)28-12-5-8-25(9-6-12)19-24-23-17(29-19)16-13(18(26)27)2-1-7-22-16/h1-4,7,10,12H,5-6,8-9H2,(H,26,27). The van der Waals surface area contributed by atoms with Gasteiger partial charge >= 0.3 is 5.97 Å². The second-order valence-corrected chi connectivity index (χ2v) is 8.28. The molecule has 0 amide bonds. The minimum Gasteiger partial charge on any atom is -0.489 e. The summed E-state index contributed by atoms with van der Waals surface area (Å²) in [6.07, 6.45) is 3.02. The highest BCUT2D eigenvalue weighted by atomic mass is 79.9. The summed E-state index contributed by atoms with van der Waals surface area (Å²) in [5.41, 5.74) is 0.418. The maximum absolute atomic E-state index is 13.4. The summed E-state index contributed by atoms with van der Waals surface area (Å²) < 4.78 is 20.1. The molecule has 0 spiro atoms. The van der Waals surface area contributed by atoms with Crippen molar-refractivity contribution in [1.29, 1.82) is 0 Å². The zero-order chi connectivity index (χ0) is 20.4. The zero-order valence-corrected chi connectivity index (χ0v) is 17.5. The Balaban J connectivity index is 1.42. The Kier molecular flexibility index (Phi) is 5.72. The van der Waals surface area contributed by atoms with E-state index in [1.54, 1.807) is 12.1 Å². The minimum absolute atomic E-state index is 0.0221. The number of ether oxygens (including phenoxy) is 1. The first kappa shape index (κ1) is 19.7. The topological polar surface area (TPSA) is 88.4 Å². The molecule has 3 aromatic rings. The molecule has 0 unspecified atom stereocenters. The minimum atomic E-state index is -1.05. The van der Waals surface area contributed by atoms with Crippen LogP contribution in [0.15, 0.2) is 41.0 Å². The van der Waals surface area contributed by atoms with Crippen molar-refractivity contribution in [2.24, 2.45) is 0 Å². The Morgan fingerprint density at radius 3 is 2.83 bits per heavy atom. The lowest BCUT2D eigenvalue weighted by atomic mass is 10.1. The molecule has 3 heterocycles. The molecule has 10 heteroatoms. The zero-order valence-electron chi connectivity index (χ0n) is 15.1. The number of halogens is 2. The van der Waals surface area contributed by atoms with Gasteiger partial charge in [-0.1, -0.05) is 11.3 Å². The Labute approximate surface area is 178 Å². The summed E-state index contributed by atoms with van der Waals surface area (Å²) in [6, 6.07) is 7.46. The van der Waals surface area contributed by atoms with E-state index in [0.717, 1.165) is 17.3 Å². The van der Waals surface area contributed by atoms with Crippen LogP contribution < -0.4 is 9.64 Å². The third kappa shape index (κ3) is 4.38. The number of aromatic nitrogens is 3. The molecule has 0 aliphatic carbocycles. The van der Waals surface area contributed by atoms with Gasteiger partial charge in [-0.25, -0.2) is 9.18 Å². The van der Waals surface area contributed by atoms with Crippen LogP contribution in [0.2, 0.25) is 0 Å². The second-order valence-electron chi connectivity index (χ2n) is 6.47. The van der Waals surface area contributed by atoms with Crippen molar-refractivity contribution in [3.05, 3.63) is 52.4 Å². The first-order valence-corrected chi connectivity index (χ1v) is 10.5. The van der Waals surface area contributed by atoms with Gasteiger partial charge in [-0.3, -0.25) is 4.98 Å². The average molecular weight is 479 g/mol. The number of benzene rings is 1. The van der Waals surface area contributed by atoms with Crippen molar-refractivity contribution >= 4 is 38.4 Å². The number of hydrogen-bond acceptors (Lipinski definition) is 7. The van der Waals surface area contributed by atoms with E-state index >= 15 is 0 Å². The Hall–Kier alpha value is -2.59. The highest BCUT2D eigenvalue weighted by Gasteiger charge is 2.25. The summed E-state index contributed by atoms with van der Waals surface area (Å²) in [5.74, 6) is -0.887. The van der Waals surface area contributed by atoms with Crippen molar-refractivity contribution in [2.75, 3.05) is 18.0 Å². The van der Waals surface area contributed by atoms with Gasteiger partial charge in [-0.15, -0.1) is 10.2 Å². The molecule has 0 saturated carbocycles. The van der Waals surface area contributed by atoms with Gasteiger partial charge in [0.25, 0.3) is 0 Å². The van der Waals surface area contributed by atoms with Gasteiger partial charge in [0, 0.05) is 38.2 Å². The lowest BCUT2D eigenvalue weighted by Gasteiger charge is -2.31. The van der Waals surface area contributed by atoms with E-state index in [-0.39, 0.29) is 17.5 Å². The Bertz CT molecular complexity index is 1040. The third-order valence-electron chi connectivity index (χ3n) is 4.55. The number of carboxylic acid groups (broad SMARTS) is 1. The molecule has 1 N–H and O–H groups in total. The molecule has 150 valence electrons. The largest absolute Gasteiger partial charge is 0.489 e. The number of piperidine rings is 1.